The van der Waals surface area contributed by atoms with E-state index >= 15 is 0 Å². The van der Waals surface area contributed by atoms with Gasteiger partial charge in [0.25, 0.3) is 0 Å². The van der Waals surface area contributed by atoms with Crippen molar-refractivity contribution in [1.29, 1.82) is 0 Å². The Hall–Kier alpha value is -1.32. The lowest BCUT2D eigenvalue weighted by molar-refractivity contribution is 0.396. The minimum Gasteiger partial charge on any atom is -0.481 e. The fraction of sp³-hybridized carbons (Fsp3) is 0.636. The van der Waals surface area contributed by atoms with Crippen molar-refractivity contribution in [1.82, 2.24) is 9.97 Å². The van der Waals surface area contributed by atoms with Crippen LogP contribution in [0.1, 0.15) is 32.1 Å². The summed E-state index contributed by atoms with van der Waals surface area (Å²) < 4.78 is 5.05. The van der Waals surface area contributed by atoms with Gasteiger partial charge in [0.15, 0.2) is 0 Å². The van der Waals surface area contributed by atoms with Gasteiger partial charge in [-0.1, -0.05) is 19.3 Å². The number of hydrogen-bond acceptors (Lipinski definition) is 4. The Kier molecular flexibility index (Phi) is 3.37. The average molecular weight is 207 g/mol. The van der Waals surface area contributed by atoms with Crippen molar-refractivity contribution in [3.63, 3.8) is 0 Å². The van der Waals surface area contributed by atoms with Gasteiger partial charge >= 0.3 is 0 Å². The van der Waals surface area contributed by atoms with Crippen LogP contribution < -0.4 is 10.1 Å². The van der Waals surface area contributed by atoms with Crippen LogP contribution in [-0.2, 0) is 0 Å². The Morgan fingerprint density at radius 3 is 2.80 bits per heavy atom. The van der Waals surface area contributed by atoms with Crippen LogP contribution in [0.25, 0.3) is 0 Å². The predicted molar refractivity (Wildman–Crippen MR) is 59.1 cm³/mol. The minimum absolute atomic E-state index is 0.568. The van der Waals surface area contributed by atoms with Crippen LogP contribution in [0.2, 0.25) is 0 Å². The topological polar surface area (TPSA) is 47.0 Å². The Morgan fingerprint density at radius 1 is 1.27 bits per heavy atom. The summed E-state index contributed by atoms with van der Waals surface area (Å²) in [5.41, 5.74) is 0. The van der Waals surface area contributed by atoms with Crippen molar-refractivity contribution >= 4 is 5.82 Å². The van der Waals surface area contributed by atoms with Gasteiger partial charge in [0, 0.05) is 12.1 Å². The van der Waals surface area contributed by atoms with E-state index in [4.69, 9.17) is 4.74 Å². The van der Waals surface area contributed by atoms with Gasteiger partial charge < -0.3 is 10.1 Å². The summed E-state index contributed by atoms with van der Waals surface area (Å²) in [7, 11) is 1.62. The van der Waals surface area contributed by atoms with Gasteiger partial charge in [-0.3, -0.25) is 0 Å². The molecular formula is C11H17N3O. The first kappa shape index (κ1) is 10.2. The number of ether oxygens (including phenoxy) is 1. The largest absolute Gasteiger partial charge is 0.481 e. The molecule has 0 aliphatic heterocycles. The van der Waals surface area contributed by atoms with Crippen LogP contribution >= 0.6 is 0 Å². The second kappa shape index (κ2) is 4.96. The number of nitrogens with one attached hydrogen (secondary N) is 1. The molecule has 0 unspecified atom stereocenters. The fourth-order valence-electron chi connectivity index (χ4n) is 1.99. The molecule has 0 aromatic carbocycles. The second-order valence-electron chi connectivity index (χ2n) is 3.92. The van der Waals surface area contributed by atoms with Crippen LogP contribution in [0.15, 0.2) is 12.4 Å². The number of aromatic nitrogens is 2. The van der Waals surface area contributed by atoms with Gasteiger partial charge in [0.2, 0.25) is 5.88 Å². The molecule has 1 fully saturated rings. The summed E-state index contributed by atoms with van der Waals surface area (Å²) in [6.07, 6.45) is 8.02. The van der Waals surface area contributed by atoms with Crippen LogP contribution in [0.4, 0.5) is 5.82 Å². The zero-order chi connectivity index (χ0) is 10.5. The zero-order valence-corrected chi connectivity index (χ0v) is 9.07. The molecule has 0 bridgehead atoms. The van der Waals surface area contributed by atoms with E-state index < -0.39 is 0 Å². The van der Waals surface area contributed by atoms with Gasteiger partial charge in [-0.2, -0.15) is 0 Å². The van der Waals surface area contributed by atoms with E-state index in [1.807, 2.05) is 6.07 Å². The van der Waals surface area contributed by atoms with Crippen molar-refractivity contribution in [2.24, 2.45) is 0 Å². The van der Waals surface area contributed by atoms with Crippen LogP contribution in [0.3, 0.4) is 0 Å². The SMILES string of the molecule is COc1cc(NC2CCCCC2)ncn1. The molecule has 15 heavy (non-hydrogen) atoms. The van der Waals surface area contributed by atoms with Crippen molar-refractivity contribution in [2.75, 3.05) is 12.4 Å². The zero-order valence-electron chi connectivity index (χ0n) is 9.07. The Bertz CT molecular complexity index is 310. The maximum atomic E-state index is 5.05. The lowest BCUT2D eigenvalue weighted by Gasteiger charge is -2.23. The lowest BCUT2D eigenvalue weighted by atomic mass is 9.95. The molecule has 1 aliphatic carbocycles. The smallest absolute Gasteiger partial charge is 0.218 e. The Morgan fingerprint density at radius 2 is 2.07 bits per heavy atom. The number of rotatable bonds is 3. The maximum Gasteiger partial charge on any atom is 0.218 e. The average Bonchev–Trinajstić information content (AvgIpc) is 2.31. The second-order valence-corrected chi connectivity index (χ2v) is 3.92. The quantitative estimate of drug-likeness (QED) is 0.825. The Balaban J connectivity index is 1.96. The fourth-order valence-corrected chi connectivity index (χ4v) is 1.99. The van der Waals surface area contributed by atoms with E-state index in [2.05, 4.69) is 15.3 Å². The molecular weight excluding hydrogens is 190 g/mol. The summed E-state index contributed by atoms with van der Waals surface area (Å²) in [6, 6.07) is 2.41. The highest BCUT2D eigenvalue weighted by molar-refractivity contribution is 5.38. The number of anilines is 1. The van der Waals surface area contributed by atoms with E-state index in [0.29, 0.717) is 11.9 Å². The van der Waals surface area contributed by atoms with Crippen molar-refractivity contribution in [2.45, 2.75) is 38.1 Å². The molecule has 1 aromatic rings. The molecule has 1 saturated carbocycles. The molecule has 1 heterocycles. The molecule has 82 valence electrons. The molecule has 1 N–H and O–H groups in total. The van der Waals surface area contributed by atoms with Gasteiger partial charge in [-0.15, -0.1) is 0 Å². The molecule has 0 radical (unpaired) electrons. The van der Waals surface area contributed by atoms with Gasteiger partial charge in [0.1, 0.15) is 12.1 Å². The van der Waals surface area contributed by atoms with Crippen molar-refractivity contribution in [3.05, 3.63) is 12.4 Å². The predicted octanol–water partition coefficient (Wildman–Crippen LogP) is 2.23. The van der Waals surface area contributed by atoms with E-state index in [-0.39, 0.29) is 0 Å². The van der Waals surface area contributed by atoms with Gasteiger partial charge in [-0.05, 0) is 12.8 Å². The third-order valence-corrected chi connectivity index (χ3v) is 2.81. The summed E-state index contributed by atoms with van der Waals surface area (Å²) >= 11 is 0. The molecule has 0 amide bonds. The third-order valence-electron chi connectivity index (χ3n) is 2.81. The number of methoxy groups -OCH3 is 1. The first-order valence-corrected chi connectivity index (χ1v) is 5.51. The van der Waals surface area contributed by atoms with E-state index in [0.717, 1.165) is 5.82 Å². The standard InChI is InChI=1S/C11H17N3O/c1-15-11-7-10(12-8-13-11)14-9-5-3-2-4-6-9/h7-9H,2-6H2,1H3,(H,12,13,14). The molecule has 0 saturated heterocycles. The van der Waals surface area contributed by atoms with Gasteiger partial charge in [0.05, 0.1) is 7.11 Å². The van der Waals surface area contributed by atoms with Crippen LogP contribution in [-0.4, -0.2) is 23.1 Å². The highest BCUT2D eigenvalue weighted by Gasteiger charge is 2.13. The molecule has 1 aromatic heterocycles. The number of hydrogen-bond donors (Lipinski definition) is 1. The molecule has 1 aliphatic rings. The highest BCUT2D eigenvalue weighted by Crippen LogP contribution is 2.21. The van der Waals surface area contributed by atoms with E-state index in [1.165, 1.54) is 38.4 Å². The molecule has 0 atom stereocenters. The van der Waals surface area contributed by atoms with Gasteiger partial charge in [-0.25, -0.2) is 9.97 Å². The molecule has 4 nitrogen and oxygen atoms in total. The van der Waals surface area contributed by atoms with E-state index in [9.17, 15) is 0 Å². The van der Waals surface area contributed by atoms with Crippen molar-refractivity contribution < 1.29 is 4.74 Å². The van der Waals surface area contributed by atoms with Crippen LogP contribution in [0.5, 0.6) is 5.88 Å². The molecule has 2 rings (SSSR count). The first-order valence-electron chi connectivity index (χ1n) is 5.51. The summed E-state index contributed by atoms with van der Waals surface area (Å²) in [6.45, 7) is 0. The maximum absolute atomic E-state index is 5.05. The summed E-state index contributed by atoms with van der Waals surface area (Å²) in [5.74, 6) is 1.48. The van der Waals surface area contributed by atoms with E-state index in [1.54, 1.807) is 7.11 Å². The normalized spacial score (nSPS) is 17.4. The third kappa shape index (κ3) is 2.81. The lowest BCUT2D eigenvalue weighted by Crippen LogP contribution is -2.22. The van der Waals surface area contributed by atoms with Crippen molar-refractivity contribution in [3.8, 4) is 5.88 Å². The minimum atomic E-state index is 0.568. The van der Waals surface area contributed by atoms with Crippen LogP contribution in [0, 0.1) is 0 Å². The highest BCUT2D eigenvalue weighted by atomic mass is 16.5. The molecule has 0 spiro atoms. The Labute approximate surface area is 90.1 Å². The monoisotopic (exact) mass is 207 g/mol. The summed E-state index contributed by atoms with van der Waals surface area (Å²) in [4.78, 5) is 8.16. The first-order chi connectivity index (χ1) is 7.38. The number of nitrogens with zero attached hydrogens (tertiary/aromatic N) is 2. The molecule has 4 heteroatoms. The summed E-state index contributed by atoms with van der Waals surface area (Å²) in [5, 5.41) is 3.42.